The molecule has 0 aromatic heterocycles. The van der Waals surface area contributed by atoms with E-state index in [9.17, 15) is 4.39 Å². The Labute approximate surface area is 92.0 Å². The monoisotopic (exact) mass is 216 g/mol. The third-order valence-electron chi connectivity index (χ3n) is 2.55. The molecule has 2 unspecified atom stereocenters. The van der Waals surface area contributed by atoms with E-state index in [2.05, 4.69) is 10.2 Å². The van der Waals surface area contributed by atoms with E-state index in [1.54, 1.807) is 12.1 Å². The van der Waals surface area contributed by atoms with Crippen LogP contribution in [0.3, 0.4) is 0 Å². The zero-order chi connectivity index (χ0) is 11.0. The minimum Gasteiger partial charge on any atom is -0.333 e. The van der Waals surface area contributed by atoms with Gasteiger partial charge in [-0.25, -0.2) is 4.39 Å². The van der Waals surface area contributed by atoms with Gasteiger partial charge < -0.3 is 4.74 Å². The van der Waals surface area contributed by atoms with E-state index in [-0.39, 0.29) is 11.9 Å². The van der Waals surface area contributed by atoms with E-state index in [1.807, 2.05) is 24.3 Å². The normalized spacial score (nSPS) is 30.7. The van der Waals surface area contributed by atoms with Gasteiger partial charge in [0.1, 0.15) is 11.9 Å². The molecule has 1 aromatic carbocycles. The van der Waals surface area contributed by atoms with E-state index < -0.39 is 5.72 Å². The Bertz CT molecular complexity index is 492. The number of azo groups is 1. The van der Waals surface area contributed by atoms with Crippen molar-refractivity contribution in [3.05, 3.63) is 54.4 Å². The summed E-state index contributed by atoms with van der Waals surface area (Å²) in [6, 6.07) is 5.87. The third kappa shape index (κ3) is 1.57. The second-order valence-corrected chi connectivity index (χ2v) is 3.71. The van der Waals surface area contributed by atoms with E-state index in [0.29, 0.717) is 5.69 Å². The number of halogens is 1. The first-order chi connectivity index (χ1) is 7.78. The van der Waals surface area contributed by atoms with Gasteiger partial charge in [0.25, 0.3) is 0 Å². The maximum Gasteiger partial charge on any atom is 0.229 e. The van der Waals surface area contributed by atoms with Crippen molar-refractivity contribution in [2.24, 2.45) is 10.2 Å². The number of nitrogens with zero attached hydrogens (tertiary/aromatic N) is 2. The standard InChI is InChI=1S/C12H9FN2O/c13-9-4-6-10(7-5-9)14-15-12-8-2-1-3-11(12)16-12/h1-8,11H. The summed E-state index contributed by atoms with van der Waals surface area (Å²) < 4.78 is 18.1. The highest BCUT2D eigenvalue weighted by Crippen LogP contribution is 2.43. The van der Waals surface area contributed by atoms with E-state index >= 15 is 0 Å². The number of hydrogen-bond acceptors (Lipinski definition) is 3. The Morgan fingerprint density at radius 1 is 1.19 bits per heavy atom. The fourth-order valence-corrected chi connectivity index (χ4v) is 1.60. The molecular formula is C12H9FN2O. The van der Waals surface area contributed by atoms with E-state index in [0.717, 1.165) is 0 Å². The molecule has 1 aliphatic heterocycles. The lowest BCUT2D eigenvalue weighted by Gasteiger charge is -2.00. The highest BCUT2D eigenvalue weighted by molar-refractivity contribution is 5.36. The number of benzene rings is 1. The number of hydrogen-bond donors (Lipinski definition) is 0. The molecule has 2 aliphatic rings. The van der Waals surface area contributed by atoms with Gasteiger partial charge in [-0.1, -0.05) is 18.2 Å². The second kappa shape index (κ2) is 3.35. The van der Waals surface area contributed by atoms with Crippen LogP contribution >= 0.6 is 0 Å². The maximum atomic E-state index is 12.6. The molecule has 0 amide bonds. The quantitative estimate of drug-likeness (QED) is 0.552. The summed E-state index contributed by atoms with van der Waals surface area (Å²) in [7, 11) is 0. The van der Waals surface area contributed by atoms with Gasteiger partial charge in [-0.15, -0.1) is 5.11 Å². The van der Waals surface area contributed by atoms with Crippen molar-refractivity contribution in [3.8, 4) is 0 Å². The first-order valence-corrected chi connectivity index (χ1v) is 5.01. The maximum absolute atomic E-state index is 12.6. The molecule has 80 valence electrons. The average Bonchev–Trinajstić information content (AvgIpc) is 3.03. The van der Waals surface area contributed by atoms with Crippen LogP contribution in [0.5, 0.6) is 0 Å². The summed E-state index contributed by atoms with van der Waals surface area (Å²) in [6.07, 6.45) is 7.60. The largest absolute Gasteiger partial charge is 0.333 e. The Hall–Kier alpha value is -1.81. The van der Waals surface area contributed by atoms with Crippen LogP contribution in [0.2, 0.25) is 0 Å². The lowest BCUT2D eigenvalue weighted by atomic mass is 10.1. The van der Waals surface area contributed by atoms with Gasteiger partial charge in [0.15, 0.2) is 0 Å². The predicted octanol–water partition coefficient (Wildman–Crippen LogP) is 3.13. The molecule has 1 aromatic rings. The van der Waals surface area contributed by atoms with Crippen molar-refractivity contribution in [2.45, 2.75) is 11.8 Å². The summed E-state index contributed by atoms with van der Waals surface area (Å²) in [5.41, 5.74) is 0.0105. The minimum atomic E-state index is -0.608. The molecule has 16 heavy (non-hydrogen) atoms. The number of epoxide rings is 1. The van der Waals surface area contributed by atoms with Crippen LogP contribution < -0.4 is 0 Å². The zero-order valence-electron chi connectivity index (χ0n) is 8.38. The van der Waals surface area contributed by atoms with Crippen molar-refractivity contribution in [1.82, 2.24) is 0 Å². The predicted molar refractivity (Wildman–Crippen MR) is 56.8 cm³/mol. The van der Waals surface area contributed by atoms with Gasteiger partial charge in [-0.05, 0) is 30.3 Å². The first-order valence-electron chi connectivity index (χ1n) is 5.01. The highest BCUT2D eigenvalue weighted by Gasteiger charge is 2.55. The van der Waals surface area contributed by atoms with Gasteiger partial charge in [0.2, 0.25) is 5.72 Å². The lowest BCUT2D eigenvalue weighted by molar-refractivity contribution is 0.341. The molecule has 1 fully saturated rings. The molecular weight excluding hydrogens is 207 g/mol. The number of allylic oxidation sites excluding steroid dienone is 2. The number of rotatable bonds is 2. The van der Waals surface area contributed by atoms with Crippen molar-refractivity contribution in [2.75, 3.05) is 0 Å². The van der Waals surface area contributed by atoms with Gasteiger partial charge in [0.05, 0.1) is 5.69 Å². The molecule has 1 saturated heterocycles. The SMILES string of the molecule is Fc1ccc(N=NC23C=CC=CC2O3)cc1. The van der Waals surface area contributed by atoms with Crippen LogP contribution in [0.1, 0.15) is 0 Å². The molecule has 3 nitrogen and oxygen atoms in total. The lowest BCUT2D eigenvalue weighted by Crippen LogP contribution is -2.07. The van der Waals surface area contributed by atoms with Gasteiger partial charge in [0, 0.05) is 0 Å². The first kappa shape index (κ1) is 9.42. The van der Waals surface area contributed by atoms with Gasteiger partial charge in [-0.2, -0.15) is 5.11 Å². The summed E-state index contributed by atoms with van der Waals surface area (Å²) in [6.45, 7) is 0. The second-order valence-electron chi connectivity index (χ2n) is 3.71. The van der Waals surface area contributed by atoms with Crippen molar-refractivity contribution >= 4 is 5.69 Å². The van der Waals surface area contributed by atoms with Crippen molar-refractivity contribution in [1.29, 1.82) is 0 Å². The molecule has 0 spiro atoms. The Balaban J connectivity index is 1.78. The Morgan fingerprint density at radius 2 is 2.00 bits per heavy atom. The zero-order valence-corrected chi connectivity index (χ0v) is 8.38. The topological polar surface area (TPSA) is 37.2 Å². The molecule has 2 atom stereocenters. The fourth-order valence-electron chi connectivity index (χ4n) is 1.60. The van der Waals surface area contributed by atoms with Crippen LogP contribution in [0.15, 0.2) is 58.8 Å². The summed E-state index contributed by atoms with van der Waals surface area (Å²) in [5.74, 6) is -0.279. The third-order valence-corrected chi connectivity index (χ3v) is 2.55. The summed E-state index contributed by atoms with van der Waals surface area (Å²) in [5, 5.41) is 8.16. The van der Waals surface area contributed by atoms with E-state index in [1.165, 1.54) is 12.1 Å². The molecule has 0 saturated carbocycles. The molecule has 4 heteroatoms. The van der Waals surface area contributed by atoms with Crippen LogP contribution in [-0.4, -0.2) is 11.8 Å². The molecule has 0 bridgehead atoms. The smallest absolute Gasteiger partial charge is 0.229 e. The molecule has 0 N–H and O–H groups in total. The molecule has 3 rings (SSSR count). The average molecular weight is 216 g/mol. The van der Waals surface area contributed by atoms with Crippen LogP contribution in [0, 0.1) is 5.82 Å². The molecule has 0 radical (unpaired) electrons. The van der Waals surface area contributed by atoms with Gasteiger partial charge >= 0.3 is 0 Å². The van der Waals surface area contributed by atoms with Crippen molar-refractivity contribution in [3.63, 3.8) is 0 Å². The summed E-state index contributed by atoms with van der Waals surface area (Å²) >= 11 is 0. The van der Waals surface area contributed by atoms with E-state index in [4.69, 9.17) is 4.74 Å². The fraction of sp³-hybridized carbons (Fsp3) is 0.167. The number of fused-ring (bicyclic) bond motifs is 1. The van der Waals surface area contributed by atoms with Crippen LogP contribution in [-0.2, 0) is 4.74 Å². The van der Waals surface area contributed by atoms with Crippen LogP contribution in [0.4, 0.5) is 10.1 Å². The number of ether oxygens (including phenoxy) is 1. The van der Waals surface area contributed by atoms with Gasteiger partial charge in [-0.3, -0.25) is 0 Å². The van der Waals surface area contributed by atoms with Crippen LogP contribution in [0.25, 0.3) is 0 Å². The summed E-state index contributed by atoms with van der Waals surface area (Å²) in [4.78, 5) is 0. The molecule has 1 aliphatic carbocycles. The molecule has 1 heterocycles. The minimum absolute atomic E-state index is 0.00157. The Morgan fingerprint density at radius 3 is 2.75 bits per heavy atom. The van der Waals surface area contributed by atoms with Crippen molar-refractivity contribution < 1.29 is 9.13 Å². The highest BCUT2D eigenvalue weighted by atomic mass is 19.1. The Kier molecular flexibility index (Phi) is 1.97.